The van der Waals surface area contributed by atoms with Gasteiger partial charge in [-0.15, -0.1) is 0 Å². The molecule has 0 spiro atoms. The van der Waals surface area contributed by atoms with Crippen LogP contribution >= 0.6 is 0 Å². The Hall–Kier alpha value is -5.08. The number of fused-ring (bicyclic) bond motifs is 4. The van der Waals surface area contributed by atoms with Crippen LogP contribution in [-0.4, -0.2) is 0 Å². The quantitative estimate of drug-likeness (QED) is 0.193. The third-order valence-corrected chi connectivity index (χ3v) is 10.8. The number of nitrogens with zero attached hydrogens (tertiary/aromatic N) is 2. The lowest BCUT2D eigenvalue weighted by molar-refractivity contribution is 0.590. The highest BCUT2D eigenvalue weighted by Gasteiger charge is 2.45. The van der Waals surface area contributed by atoms with Crippen molar-refractivity contribution in [1.29, 1.82) is 0 Å². The summed E-state index contributed by atoms with van der Waals surface area (Å²) in [5, 5.41) is 0. The average molecular weight is 625 g/mol. The van der Waals surface area contributed by atoms with Gasteiger partial charge in [0.2, 0.25) is 0 Å². The maximum atomic E-state index is 2.53. The second-order valence-electron chi connectivity index (χ2n) is 15.6. The molecule has 2 aliphatic heterocycles. The lowest BCUT2D eigenvalue weighted by atomic mass is 9.66. The molecule has 6 aromatic rings. The van der Waals surface area contributed by atoms with E-state index in [0.717, 1.165) is 17.1 Å². The molecule has 2 heterocycles. The van der Waals surface area contributed by atoms with Gasteiger partial charge >= 0.3 is 0 Å². The summed E-state index contributed by atoms with van der Waals surface area (Å²) in [6.45, 7) is 16.4. The standard InChI is InChI=1S/C46H44N2/c1-44(2,3)33-22-26-35(27-23-33)47(34-24-20-32(21-25-34)31-14-9-8-10-15-31)36-28-29-42-40(30-36)46(6,7)39-18-13-17-38-43(39)48(42)41-19-12-11-16-37(41)45(38,4)5/h8-30H,1-7H3. The normalized spacial score (nSPS) is 15.3. The first kappa shape index (κ1) is 30.3. The Morgan fingerprint density at radius 1 is 0.458 bits per heavy atom. The lowest BCUT2D eigenvalue weighted by Gasteiger charge is -2.49. The molecule has 0 atom stereocenters. The highest BCUT2D eigenvalue weighted by molar-refractivity contribution is 5.94. The molecule has 0 unspecified atom stereocenters. The minimum absolute atomic E-state index is 0.0854. The monoisotopic (exact) mass is 624 g/mol. The van der Waals surface area contributed by atoms with Crippen molar-refractivity contribution in [3.63, 3.8) is 0 Å². The summed E-state index contributed by atoms with van der Waals surface area (Å²) in [6.07, 6.45) is 0. The van der Waals surface area contributed by atoms with Gasteiger partial charge in [0.15, 0.2) is 0 Å². The molecule has 0 saturated carbocycles. The minimum atomic E-state index is -0.200. The largest absolute Gasteiger partial charge is 0.310 e. The molecule has 0 radical (unpaired) electrons. The molecule has 0 N–H and O–H groups in total. The molecule has 6 aromatic carbocycles. The average Bonchev–Trinajstić information content (AvgIpc) is 3.09. The molecule has 0 bridgehead atoms. The van der Waals surface area contributed by atoms with Crippen LogP contribution in [0.1, 0.15) is 76.3 Å². The summed E-state index contributed by atoms with van der Waals surface area (Å²) in [4.78, 5) is 4.95. The third-order valence-electron chi connectivity index (χ3n) is 10.8. The van der Waals surface area contributed by atoms with Crippen molar-refractivity contribution in [2.45, 2.75) is 64.7 Å². The second-order valence-corrected chi connectivity index (χ2v) is 15.6. The zero-order valence-electron chi connectivity index (χ0n) is 29.2. The van der Waals surface area contributed by atoms with Crippen LogP contribution < -0.4 is 9.80 Å². The highest BCUT2D eigenvalue weighted by atomic mass is 15.2. The Bertz CT molecular complexity index is 2150. The molecule has 0 saturated heterocycles. The van der Waals surface area contributed by atoms with Crippen LogP contribution in [0.3, 0.4) is 0 Å². The first-order valence-electron chi connectivity index (χ1n) is 17.2. The summed E-state index contributed by atoms with van der Waals surface area (Å²) < 4.78 is 0. The Morgan fingerprint density at radius 2 is 0.958 bits per heavy atom. The van der Waals surface area contributed by atoms with E-state index in [-0.39, 0.29) is 16.2 Å². The predicted octanol–water partition coefficient (Wildman–Crippen LogP) is 12.9. The van der Waals surface area contributed by atoms with Crippen molar-refractivity contribution < 1.29 is 0 Å². The topological polar surface area (TPSA) is 6.48 Å². The van der Waals surface area contributed by atoms with Gasteiger partial charge in [-0.1, -0.05) is 139 Å². The van der Waals surface area contributed by atoms with E-state index >= 15 is 0 Å². The van der Waals surface area contributed by atoms with Crippen molar-refractivity contribution in [2.75, 3.05) is 9.80 Å². The Balaban J connectivity index is 1.31. The van der Waals surface area contributed by atoms with Gasteiger partial charge in [-0.25, -0.2) is 0 Å². The number of hydrogen-bond donors (Lipinski definition) is 0. The SMILES string of the molecule is CC(C)(C)c1ccc(N(c2ccc(-c3ccccc3)cc2)c2ccc3c(c2)C(C)(C)c2cccc4c2N3c2ccccc2C4(C)C)cc1. The van der Waals surface area contributed by atoms with Crippen LogP contribution in [0.4, 0.5) is 34.1 Å². The fraction of sp³-hybridized carbons (Fsp3) is 0.217. The van der Waals surface area contributed by atoms with Gasteiger partial charge in [0.25, 0.3) is 0 Å². The molecule has 0 aromatic heterocycles. The van der Waals surface area contributed by atoms with Gasteiger partial charge in [0.1, 0.15) is 0 Å². The summed E-state index contributed by atoms with van der Waals surface area (Å²) in [7, 11) is 0. The van der Waals surface area contributed by atoms with Crippen molar-refractivity contribution in [3.8, 4) is 11.1 Å². The number of anilines is 6. The van der Waals surface area contributed by atoms with Crippen LogP contribution in [0.2, 0.25) is 0 Å². The van der Waals surface area contributed by atoms with Crippen molar-refractivity contribution >= 4 is 34.1 Å². The Morgan fingerprint density at radius 3 is 1.60 bits per heavy atom. The van der Waals surface area contributed by atoms with Crippen molar-refractivity contribution in [1.82, 2.24) is 0 Å². The van der Waals surface area contributed by atoms with E-state index in [1.807, 2.05) is 0 Å². The fourth-order valence-electron chi connectivity index (χ4n) is 8.00. The highest BCUT2D eigenvalue weighted by Crippen LogP contribution is 2.60. The van der Waals surface area contributed by atoms with E-state index in [4.69, 9.17) is 0 Å². The van der Waals surface area contributed by atoms with Crippen molar-refractivity contribution in [3.05, 3.63) is 167 Å². The minimum Gasteiger partial charge on any atom is -0.310 e. The Labute approximate surface area is 286 Å². The van der Waals surface area contributed by atoms with Crippen molar-refractivity contribution in [2.24, 2.45) is 0 Å². The summed E-state index contributed by atoms with van der Waals surface area (Å²) in [5.41, 5.74) is 16.3. The molecular formula is C46H44N2. The molecule has 0 aliphatic carbocycles. The zero-order chi connectivity index (χ0) is 33.4. The summed E-state index contributed by atoms with van der Waals surface area (Å²) >= 11 is 0. The molecule has 8 rings (SSSR count). The number of hydrogen-bond acceptors (Lipinski definition) is 2. The number of benzene rings is 6. The molecule has 0 amide bonds. The number of para-hydroxylation sites is 2. The molecule has 238 valence electrons. The van der Waals surface area contributed by atoms with Gasteiger partial charge < -0.3 is 9.80 Å². The number of rotatable bonds is 4. The Kier molecular flexibility index (Phi) is 6.76. The van der Waals surface area contributed by atoms with Crippen LogP contribution in [0.15, 0.2) is 140 Å². The van der Waals surface area contributed by atoms with E-state index in [2.05, 4.69) is 198 Å². The van der Waals surface area contributed by atoms with Gasteiger partial charge in [0, 0.05) is 27.9 Å². The third kappa shape index (κ3) is 4.61. The molecule has 48 heavy (non-hydrogen) atoms. The van der Waals surface area contributed by atoms with E-state index in [0.29, 0.717) is 0 Å². The van der Waals surface area contributed by atoms with Gasteiger partial charge in [0.05, 0.1) is 17.1 Å². The van der Waals surface area contributed by atoms with E-state index in [1.165, 1.54) is 56.0 Å². The van der Waals surface area contributed by atoms with Gasteiger partial charge in [-0.05, 0) is 92.9 Å². The first-order chi connectivity index (χ1) is 23.0. The maximum absolute atomic E-state index is 2.53. The van der Waals surface area contributed by atoms with Crippen LogP contribution in [0.5, 0.6) is 0 Å². The predicted molar refractivity (Wildman–Crippen MR) is 204 cm³/mol. The molecule has 0 fully saturated rings. The van der Waals surface area contributed by atoms with E-state index in [9.17, 15) is 0 Å². The van der Waals surface area contributed by atoms with E-state index in [1.54, 1.807) is 0 Å². The molecule has 2 heteroatoms. The molecule has 2 nitrogen and oxygen atoms in total. The van der Waals surface area contributed by atoms with Crippen LogP contribution in [0.25, 0.3) is 11.1 Å². The van der Waals surface area contributed by atoms with Gasteiger partial charge in [-0.3, -0.25) is 0 Å². The van der Waals surface area contributed by atoms with E-state index < -0.39 is 0 Å². The second kappa shape index (κ2) is 10.7. The summed E-state index contributed by atoms with van der Waals surface area (Å²) in [6, 6.07) is 51.8. The van der Waals surface area contributed by atoms with Crippen LogP contribution in [0, 0.1) is 0 Å². The lowest BCUT2D eigenvalue weighted by Crippen LogP contribution is -2.38. The molecular weight excluding hydrogens is 581 g/mol. The first-order valence-corrected chi connectivity index (χ1v) is 17.2. The maximum Gasteiger partial charge on any atom is 0.0543 e. The smallest absolute Gasteiger partial charge is 0.0543 e. The van der Waals surface area contributed by atoms with Gasteiger partial charge in [-0.2, -0.15) is 0 Å². The molecule has 2 aliphatic rings. The fourth-order valence-corrected chi connectivity index (χ4v) is 8.00. The zero-order valence-corrected chi connectivity index (χ0v) is 29.2. The summed E-state index contributed by atoms with van der Waals surface area (Å²) in [5.74, 6) is 0. The van der Waals surface area contributed by atoms with Crippen LogP contribution in [-0.2, 0) is 16.2 Å².